The Hall–Kier alpha value is -1.36. The predicted octanol–water partition coefficient (Wildman–Crippen LogP) is 1.20. The zero-order chi connectivity index (χ0) is 13.4. The lowest BCUT2D eigenvalue weighted by atomic mass is 9.56. The van der Waals surface area contributed by atoms with Gasteiger partial charge in [-0.2, -0.15) is 5.10 Å². The molecule has 0 aliphatic heterocycles. The van der Waals surface area contributed by atoms with Gasteiger partial charge >= 0.3 is 0 Å². The second kappa shape index (κ2) is 4.39. The van der Waals surface area contributed by atoms with Crippen LogP contribution in [-0.2, 0) is 16.1 Å². The van der Waals surface area contributed by atoms with E-state index in [1.165, 1.54) is 0 Å². The molecule has 1 aromatic heterocycles. The van der Waals surface area contributed by atoms with E-state index in [9.17, 15) is 4.79 Å². The van der Waals surface area contributed by atoms with E-state index in [1.54, 1.807) is 24.2 Å². The van der Waals surface area contributed by atoms with Gasteiger partial charge in [0.15, 0.2) is 0 Å². The van der Waals surface area contributed by atoms with Crippen molar-refractivity contribution in [1.82, 2.24) is 15.1 Å². The van der Waals surface area contributed by atoms with E-state index in [4.69, 9.17) is 4.74 Å². The fourth-order valence-corrected chi connectivity index (χ4v) is 2.50. The number of hydrogen-bond donors (Lipinski definition) is 1. The largest absolute Gasteiger partial charge is 0.378 e. The lowest BCUT2D eigenvalue weighted by Crippen LogP contribution is -2.68. The third-order valence-corrected chi connectivity index (χ3v) is 4.48. The molecule has 1 heterocycles. The molecule has 2 unspecified atom stereocenters. The van der Waals surface area contributed by atoms with Gasteiger partial charge in [-0.3, -0.25) is 9.48 Å². The van der Waals surface area contributed by atoms with Crippen LogP contribution in [0.1, 0.15) is 27.2 Å². The van der Waals surface area contributed by atoms with Crippen LogP contribution in [0.4, 0.5) is 0 Å². The number of nitrogens with zero attached hydrogens (tertiary/aromatic N) is 2. The SMILES string of the molecule is COC1(C)CC(NC(=O)Cn2cccn2)C1(C)C. The lowest BCUT2D eigenvalue weighted by molar-refractivity contribution is -0.182. The van der Waals surface area contributed by atoms with Crippen LogP contribution < -0.4 is 5.32 Å². The molecule has 5 heteroatoms. The molecule has 1 aliphatic carbocycles. The maximum Gasteiger partial charge on any atom is 0.241 e. The molecule has 1 aromatic rings. The van der Waals surface area contributed by atoms with Crippen molar-refractivity contribution in [1.29, 1.82) is 0 Å². The van der Waals surface area contributed by atoms with Crippen LogP contribution in [0.25, 0.3) is 0 Å². The Morgan fingerprint density at radius 1 is 1.56 bits per heavy atom. The van der Waals surface area contributed by atoms with Crippen molar-refractivity contribution in [3.8, 4) is 0 Å². The van der Waals surface area contributed by atoms with Gasteiger partial charge in [0.05, 0.1) is 5.60 Å². The Balaban J connectivity index is 1.90. The number of aromatic nitrogens is 2. The second-order valence-corrected chi connectivity index (χ2v) is 5.68. The average Bonchev–Trinajstić information content (AvgIpc) is 2.80. The van der Waals surface area contributed by atoms with E-state index in [1.807, 2.05) is 6.07 Å². The molecule has 1 saturated carbocycles. The minimum absolute atomic E-state index is 0.00470. The Morgan fingerprint density at radius 3 is 2.78 bits per heavy atom. The predicted molar refractivity (Wildman–Crippen MR) is 68.0 cm³/mol. The fourth-order valence-electron chi connectivity index (χ4n) is 2.50. The van der Waals surface area contributed by atoms with Gasteiger partial charge in [-0.25, -0.2) is 0 Å². The summed E-state index contributed by atoms with van der Waals surface area (Å²) in [6.07, 6.45) is 4.30. The summed E-state index contributed by atoms with van der Waals surface area (Å²) in [5, 5.41) is 7.07. The molecule has 0 radical (unpaired) electrons. The molecule has 1 N–H and O–H groups in total. The number of ether oxygens (including phenoxy) is 1. The van der Waals surface area contributed by atoms with Crippen molar-refractivity contribution in [2.24, 2.45) is 5.41 Å². The molecular weight excluding hydrogens is 230 g/mol. The molecule has 1 amide bonds. The summed E-state index contributed by atoms with van der Waals surface area (Å²) in [7, 11) is 1.73. The third-order valence-electron chi connectivity index (χ3n) is 4.48. The third kappa shape index (κ3) is 2.03. The first-order valence-corrected chi connectivity index (χ1v) is 6.21. The fraction of sp³-hybridized carbons (Fsp3) is 0.692. The van der Waals surface area contributed by atoms with Crippen LogP contribution in [0.5, 0.6) is 0 Å². The minimum atomic E-state index is -0.156. The highest BCUT2D eigenvalue weighted by Gasteiger charge is 2.58. The van der Waals surface area contributed by atoms with Gasteiger partial charge in [-0.15, -0.1) is 0 Å². The van der Waals surface area contributed by atoms with Crippen molar-refractivity contribution in [2.75, 3.05) is 7.11 Å². The van der Waals surface area contributed by atoms with Gasteiger partial charge in [-0.1, -0.05) is 13.8 Å². The maximum atomic E-state index is 11.9. The molecule has 1 aliphatic rings. The lowest BCUT2D eigenvalue weighted by Gasteiger charge is -2.59. The van der Waals surface area contributed by atoms with Crippen molar-refractivity contribution in [2.45, 2.75) is 45.4 Å². The van der Waals surface area contributed by atoms with E-state index < -0.39 is 0 Å². The summed E-state index contributed by atoms with van der Waals surface area (Å²) in [5.41, 5.74) is -0.210. The second-order valence-electron chi connectivity index (χ2n) is 5.68. The van der Waals surface area contributed by atoms with Crippen LogP contribution in [0, 0.1) is 5.41 Å². The summed E-state index contributed by atoms with van der Waals surface area (Å²) < 4.78 is 7.16. The molecular formula is C13H21N3O2. The summed E-state index contributed by atoms with van der Waals surface area (Å²) in [5.74, 6) is -0.00470. The van der Waals surface area contributed by atoms with Gasteiger partial charge < -0.3 is 10.1 Å². The zero-order valence-corrected chi connectivity index (χ0v) is 11.4. The van der Waals surface area contributed by atoms with E-state index in [0.29, 0.717) is 0 Å². The summed E-state index contributed by atoms with van der Waals surface area (Å²) in [6, 6.07) is 1.97. The molecule has 5 nitrogen and oxygen atoms in total. The Morgan fingerprint density at radius 2 is 2.28 bits per heavy atom. The molecule has 1 fully saturated rings. The van der Waals surface area contributed by atoms with Crippen molar-refractivity contribution >= 4 is 5.91 Å². The summed E-state index contributed by atoms with van der Waals surface area (Å²) in [4.78, 5) is 11.9. The maximum absolute atomic E-state index is 11.9. The number of rotatable bonds is 4. The van der Waals surface area contributed by atoms with Gasteiger partial charge in [0, 0.05) is 31.0 Å². The first kappa shape index (κ1) is 13.1. The van der Waals surface area contributed by atoms with E-state index in [0.717, 1.165) is 6.42 Å². The molecule has 2 rings (SSSR count). The summed E-state index contributed by atoms with van der Waals surface area (Å²) >= 11 is 0. The zero-order valence-electron chi connectivity index (χ0n) is 11.4. The molecule has 0 saturated heterocycles. The Bertz CT molecular complexity index is 427. The minimum Gasteiger partial charge on any atom is -0.378 e. The molecule has 2 atom stereocenters. The van der Waals surface area contributed by atoms with Crippen molar-refractivity contribution < 1.29 is 9.53 Å². The Kier molecular flexibility index (Phi) is 3.19. The smallest absolute Gasteiger partial charge is 0.241 e. The summed E-state index contributed by atoms with van der Waals surface area (Å²) in [6.45, 7) is 6.60. The normalized spacial score (nSPS) is 29.7. The van der Waals surface area contributed by atoms with Gasteiger partial charge in [-0.05, 0) is 19.4 Å². The van der Waals surface area contributed by atoms with E-state index >= 15 is 0 Å². The van der Waals surface area contributed by atoms with Crippen molar-refractivity contribution in [3.05, 3.63) is 18.5 Å². The number of methoxy groups -OCH3 is 1. The number of amides is 1. The molecule has 0 aromatic carbocycles. The topological polar surface area (TPSA) is 56.1 Å². The van der Waals surface area contributed by atoms with Crippen molar-refractivity contribution in [3.63, 3.8) is 0 Å². The highest BCUT2D eigenvalue weighted by molar-refractivity contribution is 5.76. The van der Waals surface area contributed by atoms with E-state index in [2.05, 4.69) is 31.2 Å². The number of carbonyl (C=O) groups excluding carboxylic acids is 1. The molecule has 0 spiro atoms. The monoisotopic (exact) mass is 251 g/mol. The molecule has 18 heavy (non-hydrogen) atoms. The molecule has 0 bridgehead atoms. The number of nitrogens with one attached hydrogen (secondary N) is 1. The number of hydrogen-bond acceptors (Lipinski definition) is 3. The van der Waals surface area contributed by atoms with Gasteiger partial charge in [0.25, 0.3) is 0 Å². The molecule has 100 valence electrons. The van der Waals surface area contributed by atoms with Crippen LogP contribution in [0.3, 0.4) is 0 Å². The van der Waals surface area contributed by atoms with Gasteiger partial charge in [0.1, 0.15) is 6.54 Å². The van der Waals surface area contributed by atoms with Crippen LogP contribution in [0.15, 0.2) is 18.5 Å². The highest BCUT2D eigenvalue weighted by Crippen LogP contribution is 2.51. The standard InChI is InChI=1S/C13H21N3O2/c1-12(2)10(8-13(12,3)18-4)15-11(17)9-16-7-5-6-14-16/h5-7,10H,8-9H2,1-4H3,(H,15,17). The van der Waals surface area contributed by atoms with Crippen LogP contribution >= 0.6 is 0 Å². The highest BCUT2D eigenvalue weighted by atomic mass is 16.5. The number of carbonyl (C=O) groups is 1. The first-order chi connectivity index (χ1) is 8.39. The quantitative estimate of drug-likeness (QED) is 0.875. The Labute approximate surface area is 108 Å². The van der Waals surface area contributed by atoms with Crippen LogP contribution in [-0.4, -0.2) is 34.4 Å². The first-order valence-electron chi connectivity index (χ1n) is 6.21. The van der Waals surface area contributed by atoms with Crippen LogP contribution in [0.2, 0.25) is 0 Å². The average molecular weight is 251 g/mol. The van der Waals surface area contributed by atoms with E-state index in [-0.39, 0.29) is 29.5 Å². The van der Waals surface area contributed by atoms with Gasteiger partial charge in [0.2, 0.25) is 5.91 Å².